The minimum atomic E-state index is -0.731. The Balaban J connectivity index is 0.00000171. The van der Waals surface area contributed by atoms with Crippen LogP contribution in [0, 0.1) is 5.92 Å². The molecule has 5 rings (SSSR count). The number of hydrogen-bond acceptors (Lipinski definition) is 2. The summed E-state index contributed by atoms with van der Waals surface area (Å²) in [5, 5.41) is 4.10. The smallest absolute Gasteiger partial charge is 1.00 e. The van der Waals surface area contributed by atoms with Crippen LogP contribution in [0.25, 0.3) is 0 Å². The van der Waals surface area contributed by atoms with Crippen LogP contribution in [-0.2, 0) is 54.3 Å². The van der Waals surface area contributed by atoms with Gasteiger partial charge in [0.1, 0.15) is 0 Å². The van der Waals surface area contributed by atoms with Crippen molar-refractivity contribution in [1.82, 2.24) is 0 Å². The van der Waals surface area contributed by atoms with Crippen LogP contribution in [-0.4, -0.2) is 29.6 Å². The molecule has 5 atom stereocenters. The third-order valence-electron chi connectivity index (χ3n) is 7.12. The minimum Gasteiger partial charge on any atom is -1.00 e. The van der Waals surface area contributed by atoms with E-state index < -0.39 is 15.8 Å². The van der Waals surface area contributed by atoms with Crippen molar-refractivity contribution in [3.05, 3.63) is 102 Å². The Bertz CT molecular complexity index is 1130. The molecule has 3 aromatic rings. The standard InChI is InChI=1S/C29H30O2P2.2Au.2ClH/c1-4-31-29(30)25-26-20(2)21(3)27(33(26)24-18-12-7-13-19-24)28(25)32(22-14-8-5-9-15-22)23-16-10-6-11-17-23;;;;/h5-19,25-28H,4H2,1-3H3;;;2*1H/q;2*+1;;/p-2/t25-,26?,27?,28-,33?;;;;/m1..../s1. The first-order valence-corrected chi connectivity index (χ1v) is 14.6. The van der Waals surface area contributed by atoms with Gasteiger partial charge in [0, 0.05) is 17.0 Å². The summed E-state index contributed by atoms with van der Waals surface area (Å²) in [5.41, 5.74) is 3.81. The predicted octanol–water partition coefficient (Wildman–Crippen LogP) is -0.422. The first-order chi connectivity index (χ1) is 16.1. The number of allylic oxidation sites excluding steroid dienone is 2. The molecule has 0 N–H and O–H groups in total. The van der Waals surface area contributed by atoms with Gasteiger partial charge in [0.15, 0.2) is 0 Å². The average Bonchev–Trinajstić information content (AvgIpc) is 3.32. The maximum atomic E-state index is 13.6. The summed E-state index contributed by atoms with van der Waals surface area (Å²) < 4.78 is 5.76. The number of benzene rings is 3. The molecule has 2 aliphatic rings. The van der Waals surface area contributed by atoms with Crippen molar-refractivity contribution in [1.29, 1.82) is 0 Å². The molecule has 0 amide bonds. The van der Waals surface area contributed by atoms with Gasteiger partial charge in [-0.3, -0.25) is 4.79 Å². The van der Waals surface area contributed by atoms with Crippen LogP contribution < -0.4 is 40.7 Å². The van der Waals surface area contributed by atoms with E-state index in [1.54, 1.807) is 0 Å². The van der Waals surface area contributed by atoms with E-state index in [1.165, 1.54) is 27.1 Å². The fourth-order valence-electron chi connectivity index (χ4n) is 5.70. The Morgan fingerprint density at radius 3 is 1.65 bits per heavy atom. The maximum absolute atomic E-state index is 13.6. The molecule has 2 bridgehead atoms. The molecule has 1 fully saturated rings. The normalized spacial score (nSPS) is 23.3. The Hall–Kier alpha value is -0.209. The molecule has 1 saturated heterocycles. The fraction of sp³-hybridized carbons (Fsp3) is 0.276. The number of halogens is 2. The zero-order chi connectivity index (χ0) is 22.9. The molecule has 204 valence electrons. The van der Waals surface area contributed by atoms with E-state index in [2.05, 4.69) is 105 Å². The molecular formula is C29H30Au2Cl2O2P2. The monoisotopic (exact) mass is 936 g/mol. The van der Waals surface area contributed by atoms with Gasteiger partial charge in [-0.1, -0.05) is 110 Å². The summed E-state index contributed by atoms with van der Waals surface area (Å²) in [5.74, 6) is -0.110. The second kappa shape index (κ2) is 15.5. The Morgan fingerprint density at radius 1 is 0.757 bits per heavy atom. The van der Waals surface area contributed by atoms with Crippen LogP contribution in [0.1, 0.15) is 20.8 Å². The van der Waals surface area contributed by atoms with E-state index in [1.807, 2.05) is 6.92 Å². The van der Waals surface area contributed by atoms with E-state index >= 15 is 0 Å². The summed E-state index contributed by atoms with van der Waals surface area (Å²) in [6.07, 6.45) is 0. The van der Waals surface area contributed by atoms with Gasteiger partial charge in [0.25, 0.3) is 0 Å². The van der Waals surface area contributed by atoms with E-state index in [0.29, 0.717) is 12.3 Å². The van der Waals surface area contributed by atoms with Gasteiger partial charge in [-0.2, -0.15) is 0 Å². The van der Waals surface area contributed by atoms with Crippen molar-refractivity contribution in [2.45, 2.75) is 37.7 Å². The second-order valence-corrected chi connectivity index (χ2v) is 13.6. The molecule has 8 heteroatoms. The largest absolute Gasteiger partial charge is 1.00 e. The van der Waals surface area contributed by atoms with Gasteiger partial charge < -0.3 is 29.6 Å². The first-order valence-electron chi connectivity index (χ1n) is 11.7. The van der Waals surface area contributed by atoms with Crippen LogP contribution in [0.5, 0.6) is 0 Å². The average molecular weight is 937 g/mol. The number of carbonyl (C=O) groups is 1. The number of ether oxygens (including phenoxy) is 1. The second-order valence-electron chi connectivity index (χ2n) is 8.81. The zero-order valence-electron chi connectivity index (χ0n) is 20.7. The number of esters is 1. The molecule has 2 aliphatic heterocycles. The molecule has 3 unspecified atom stereocenters. The van der Waals surface area contributed by atoms with Crippen LogP contribution in [0.4, 0.5) is 0 Å². The number of hydrogen-bond donors (Lipinski definition) is 0. The van der Waals surface area contributed by atoms with E-state index in [9.17, 15) is 4.79 Å². The summed E-state index contributed by atoms with van der Waals surface area (Å²) >= 11 is 0. The van der Waals surface area contributed by atoms with Crippen molar-refractivity contribution in [3.63, 3.8) is 0 Å². The van der Waals surface area contributed by atoms with Gasteiger partial charge in [0.2, 0.25) is 0 Å². The van der Waals surface area contributed by atoms with Crippen molar-refractivity contribution in [3.8, 4) is 0 Å². The number of fused-ring (bicyclic) bond motifs is 2. The predicted molar refractivity (Wildman–Crippen MR) is 142 cm³/mol. The minimum absolute atomic E-state index is 0. The van der Waals surface area contributed by atoms with Gasteiger partial charge in [-0.15, -0.1) is 0 Å². The van der Waals surface area contributed by atoms with Crippen molar-refractivity contribution in [2.24, 2.45) is 5.92 Å². The molecule has 0 aromatic heterocycles. The van der Waals surface area contributed by atoms with Gasteiger partial charge in [0.05, 0.1) is 12.5 Å². The number of carbonyl (C=O) groups excluding carboxylic acids is 1. The summed E-state index contributed by atoms with van der Waals surface area (Å²) in [6, 6.07) is 32.6. The quantitative estimate of drug-likeness (QED) is 0.146. The maximum Gasteiger partial charge on any atom is 1.00 e. The topological polar surface area (TPSA) is 26.3 Å². The Labute approximate surface area is 267 Å². The van der Waals surface area contributed by atoms with Crippen LogP contribution in [0.3, 0.4) is 0 Å². The molecule has 3 aromatic carbocycles. The Morgan fingerprint density at radius 2 is 1.19 bits per heavy atom. The van der Waals surface area contributed by atoms with Crippen LogP contribution >= 0.6 is 15.8 Å². The van der Waals surface area contributed by atoms with E-state index in [0.717, 1.165) is 0 Å². The molecule has 0 aliphatic carbocycles. The molecular weight excluding hydrogens is 907 g/mol. The summed E-state index contributed by atoms with van der Waals surface area (Å²) in [6.45, 7) is 6.93. The SMILES string of the molecule is CCOC(=O)[C@@H]1C2C(C)=C(C)C([C@@H]1P(c1ccccc1)c1ccccc1)P2c1ccccc1.[Au+].[Au+].[Cl-].[Cl-]. The van der Waals surface area contributed by atoms with Gasteiger partial charge in [-0.05, 0) is 44.6 Å². The summed E-state index contributed by atoms with van der Waals surface area (Å²) in [7, 11) is -1.25. The third-order valence-corrected chi connectivity index (χ3v) is 13.8. The van der Waals surface area contributed by atoms with E-state index in [4.69, 9.17) is 4.74 Å². The Kier molecular flexibility index (Phi) is 14.6. The van der Waals surface area contributed by atoms with Gasteiger partial charge in [-0.25, -0.2) is 0 Å². The van der Waals surface area contributed by atoms with Crippen LogP contribution in [0.15, 0.2) is 102 Å². The number of rotatable bonds is 6. The molecule has 0 radical (unpaired) electrons. The molecule has 0 saturated carbocycles. The van der Waals surface area contributed by atoms with Crippen molar-refractivity contribution >= 4 is 37.7 Å². The molecule has 2 nitrogen and oxygen atoms in total. The van der Waals surface area contributed by atoms with Gasteiger partial charge >= 0.3 is 50.7 Å². The van der Waals surface area contributed by atoms with Crippen LogP contribution in [0.2, 0.25) is 0 Å². The first kappa shape index (κ1) is 34.8. The molecule has 37 heavy (non-hydrogen) atoms. The van der Waals surface area contributed by atoms with Crippen molar-refractivity contribution < 1.29 is 79.1 Å². The summed E-state index contributed by atoms with van der Waals surface area (Å²) in [4.78, 5) is 13.6. The fourth-order valence-corrected chi connectivity index (χ4v) is 13.7. The molecule has 2 heterocycles. The molecule has 0 spiro atoms. The third kappa shape index (κ3) is 6.58. The van der Waals surface area contributed by atoms with E-state index in [-0.39, 0.29) is 92.8 Å². The van der Waals surface area contributed by atoms with Crippen molar-refractivity contribution in [2.75, 3.05) is 6.61 Å². The zero-order valence-corrected chi connectivity index (χ0v) is 28.4.